The minimum absolute atomic E-state index is 0.320. The molecule has 3 rings (SSSR count). The second-order valence-electron chi connectivity index (χ2n) is 8.62. The van der Waals surface area contributed by atoms with Crippen molar-refractivity contribution in [2.75, 3.05) is 6.54 Å². The van der Waals surface area contributed by atoms with Gasteiger partial charge in [0, 0.05) is 17.7 Å². The summed E-state index contributed by atoms with van der Waals surface area (Å²) in [7, 11) is 0. The quantitative estimate of drug-likeness (QED) is 0.531. The van der Waals surface area contributed by atoms with Gasteiger partial charge in [-0.15, -0.1) is 6.58 Å². The highest BCUT2D eigenvalue weighted by molar-refractivity contribution is 5.92. The molecule has 3 atom stereocenters. The number of benzene rings is 1. The van der Waals surface area contributed by atoms with Gasteiger partial charge in [0.1, 0.15) is 0 Å². The molecular formula is C24H35N. The van der Waals surface area contributed by atoms with Gasteiger partial charge >= 0.3 is 0 Å². The van der Waals surface area contributed by atoms with Crippen LogP contribution in [0.25, 0.3) is 0 Å². The summed E-state index contributed by atoms with van der Waals surface area (Å²) in [6.07, 6.45) is 10.1. The molecule has 0 saturated heterocycles. The number of hydrogen-bond donors (Lipinski definition) is 0. The first-order valence-corrected chi connectivity index (χ1v) is 10.3. The van der Waals surface area contributed by atoms with Crippen LogP contribution in [0.1, 0.15) is 70.4 Å². The average Bonchev–Trinajstić information content (AvgIpc) is 2.91. The lowest BCUT2D eigenvalue weighted by Gasteiger charge is -2.39. The lowest BCUT2D eigenvalue weighted by Crippen LogP contribution is -2.36. The standard InChI is InChI=1S/C24H35N/c1-5-15-24(4)22(12-13-23(24)25-16-14-18(2)3)21-11-10-19-8-6-7-9-20(19)17-21/h6-9,21-22H,2,5,10-17H2,1,3-4H3. The minimum Gasteiger partial charge on any atom is -0.293 e. The normalized spacial score (nSPS) is 30.4. The zero-order valence-electron chi connectivity index (χ0n) is 16.5. The Hall–Kier alpha value is -1.37. The molecule has 0 N–H and O–H groups in total. The summed E-state index contributed by atoms with van der Waals surface area (Å²) in [5.74, 6) is 1.64. The van der Waals surface area contributed by atoms with Crippen molar-refractivity contribution in [3.05, 3.63) is 47.5 Å². The zero-order chi connectivity index (χ0) is 17.9. The Morgan fingerprint density at radius 3 is 2.68 bits per heavy atom. The molecule has 0 spiro atoms. The van der Waals surface area contributed by atoms with Gasteiger partial charge in [-0.1, -0.05) is 50.1 Å². The first-order valence-electron chi connectivity index (χ1n) is 10.3. The SMILES string of the molecule is C=C(C)CCN=C1CCC(C2CCc3ccccc3C2)C1(C)CCC. The van der Waals surface area contributed by atoms with Crippen molar-refractivity contribution in [1.82, 2.24) is 0 Å². The van der Waals surface area contributed by atoms with E-state index in [1.54, 1.807) is 11.1 Å². The summed E-state index contributed by atoms with van der Waals surface area (Å²) in [4.78, 5) is 5.08. The Bertz CT molecular complexity index is 641. The van der Waals surface area contributed by atoms with Crippen LogP contribution < -0.4 is 0 Å². The number of rotatable bonds is 6. The maximum Gasteiger partial charge on any atom is 0.0425 e. The van der Waals surface area contributed by atoms with E-state index in [4.69, 9.17) is 4.99 Å². The Balaban J connectivity index is 1.78. The molecule has 0 amide bonds. The summed E-state index contributed by atoms with van der Waals surface area (Å²) in [6, 6.07) is 9.10. The van der Waals surface area contributed by atoms with Crippen molar-refractivity contribution in [2.45, 2.75) is 72.1 Å². The van der Waals surface area contributed by atoms with Crippen LogP contribution in [0.5, 0.6) is 0 Å². The third-order valence-corrected chi connectivity index (χ3v) is 6.73. The van der Waals surface area contributed by atoms with Crippen LogP contribution in [-0.2, 0) is 12.8 Å². The largest absolute Gasteiger partial charge is 0.293 e. The van der Waals surface area contributed by atoms with Crippen molar-refractivity contribution in [3.8, 4) is 0 Å². The molecule has 1 saturated carbocycles. The molecule has 0 bridgehead atoms. The Labute approximate surface area is 154 Å². The third-order valence-electron chi connectivity index (χ3n) is 6.73. The maximum atomic E-state index is 5.08. The number of fused-ring (bicyclic) bond motifs is 1. The van der Waals surface area contributed by atoms with Crippen LogP contribution in [0.4, 0.5) is 0 Å². The molecule has 0 aromatic heterocycles. The van der Waals surface area contributed by atoms with Gasteiger partial charge in [-0.3, -0.25) is 4.99 Å². The van der Waals surface area contributed by atoms with Crippen LogP contribution in [0.15, 0.2) is 41.4 Å². The average molecular weight is 338 g/mol. The molecule has 1 heteroatoms. The lowest BCUT2D eigenvalue weighted by atomic mass is 9.65. The van der Waals surface area contributed by atoms with E-state index in [1.807, 2.05) is 0 Å². The Kier molecular flexibility index (Phi) is 5.81. The highest BCUT2D eigenvalue weighted by Crippen LogP contribution is 2.51. The molecule has 3 unspecified atom stereocenters. The van der Waals surface area contributed by atoms with Gasteiger partial charge in [0.05, 0.1) is 0 Å². The number of hydrogen-bond acceptors (Lipinski definition) is 1. The van der Waals surface area contributed by atoms with Crippen molar-refractivity contribution >= 4 is 5.71 Å². The summed E-state index contributed by atoms with van der Waals surface area (Å²) in [5.41, 5.74) is 6.27. The van der Waals surface area contributed by atoms with Crippen LogP contribution >= 0.6 is 0 Å². The number of nitrogens with zero attached hydrogens (tertiary/aromatic N) is 1. The van der Waals surface area contributed by atoms with Crippen molar-refractivity contribution in [1.29, 1.82) is 0 Å². The highest BCUT2D eigenvalue weighted by atomic mass is 14.8. The fourth-order valence-electron chi connectivity index (χ4n) is 5.43. The van der Waals surface area contributed by atoms with Crippen LogP contribution in [0.2, 0.25) is 0 Å². The molecule has 1 aromatic rings. The van der Waals surface area contributed by atoms with Crippen molar-refractivity contribution in [2.24, 2.45) is 22.2 Å². The van der Waals surface area contributed by atoms with E-state index in [1.165, 1.54) is 56.2 Å². The van der Waals surface area contributed by atoms with Gasteiger partial charge in [-0.05, 0) is 74.8 Å². The Morgan fingerprint density at radius 2 is 1.96 bits per heavy atom. The Morgan fingerprint density at radius 1 is 1.20 bits per heavy atom. The van der Waals surface area contributed by atoms with Crippen molar-refractivity contribution < 1.29 is 0 Å². The number of aryl methyl sites for hydroxylation is 1. The molecule has 0 aliphatic heterocycles. The molecule has 1 fully saturated rings. The van der Waals surface area contributed by atoms with E-state index in [0.717, 1.165) is 24.8 Å². The van der Waals surface area contributed by atoms with Gasteiger partial charge in [0.25, 0.3) is 0 Å². The molecule has 136 valence electrons. The molecule has 2 aliphatic rings. The van der Waals surface area contributed by atoms with Gasteiger partial charge in [-0.25, -0.2) is 0 Å². The molecule has 25 heavy (non-hydrogen) atoms. The molecule has 2 aliphatic carbocycles. The van der Waals surface area contributed by atoms with Crippen LogP contribution in [0.3, 0.4) is 0 Å². The van der Waals surface area contributed by atoms with Gasteiger partial charge in [0.2, 0.25) is 0 Å². The fourth-order valence-corrected chi connectivity index (χ4v) is 5.43. The smallest absolute Gasteiger partial charge is 0.0425 e. The zero-order valence-corrected chi connectivity index (χ0v) is 16.5. The molecule has 0 heterocycles. The van der Waals surface area contributed by atoms with E-state index >= 15 is 0 Å². The molecule has 1 aromatic carbocycles. The minimum atomic E-state index is 0.320. The second kappa shape index (κ2) is 7.89. The van der Waals surface area contributed by atoms with E-state index in [9.17, 15) is 0 Å². The van der Waals surface area contributed by atoms with E-state index < -0.39 is 0 Å². The molecule has 0 radical (unpaired) electrons. The fraction of sp³-hybridized carbons (Fsp3) is 0.625. The number of aliphatic imine (C=N–C) groups is 1. The van der Waals surface area contributed by atoms with Crippen LogP contribution in [0, 0.1) is 17.3 Å². The topological polar surface area (TPSA) is 12.4 Å². The molecule has 1 nitrogen and oxygen atoms in total. The summed E-state index contributed by atoms with van der Waals surface area (Å²) < 4.78 is 0. The predicted molar refractivity (Wildman–Crippen MR) is 109 cm³/mol. The van der Waals surface area contributed by atoms with E-state index in [-0.39, 0.29) is 0 Å². The van der Waals surface area contributed by atoms with E-state index in [0.29, 0.717) is 5.41 Å². The van der Waals surface area contributed by atoms with Gasteiger partial charge in [0.15, 0.2) is 0 Å². The maximum absolute atomic E-state index is 5.08. The first-order chi connectivity index (χ1) is 12.0. The lowest BCUT2D eigenvalue weighted by molar-refractivity contribution is 0.175. The first kappa shape index (κ1) is 18.4. The summed E-state index contributed by atoms with van der Waals surface area (Å²) in [5, 5.41) is 0. The highest BCUT2D eigenvalue weighted by Gasteiger charge is 2.46. The summed E-state index contributed by atoms with van der Waals surface area (Å²) >= 11 is 0. The van der Waals surface area contributed by atoms with Crippen LogP contribution in [-0.4, -0.2) is 12.3 Å². The van der Waals surface area contributed by atoms with Gasteiger partial charge in [-0.2, -0.15) is 0 Å². The second-order valence-corrected chi connectivity index (χ2v) is 8.62. The predicted octanol–water partition coefficient (Wildman–Crippen LogP) is 6.42. The van der Waals surface area contributed by atoms with Gasteiger partial charge < -0.3 is 0 Å². The monoisotopic (exact) mass is 337 g/mol. The third kappa shape index (κ3) is 3.91. The summed E-state index contributed by atoms with van der Waals surface area (Å²) in [6.45, 7) is 11.9. The van der Waals surface area contributed by atoms with E-state index in [2.05, 4.69) is 51.6 Å². The molecular weight excluding hydrogens is 302 g/mol. The van der Waals surface area contributed by atoms with Crippen molar-refractivity contribution in [3.63, 3.8) is 0 Å².